The third-order valence-corrected chi connectivity index (χ3v) is 3.99. The van der Waals surface area contributed by atoms with Gasteiger partial charge in [-0.3, -0.25) is 9.78 Å². The van der Waals surface area contributed by atoms with Crippen LogP contribution in [-0.4, -0.2) is 25.7 Å². The summed E-state index contributed by atoms with van der Waals surface area (Å²) in [4.78, 5) is 24.4. The largest absolute Gasteiger partial charge is 0.328 e. The van der Waals surface area contributed by atoms with E-state index in [0.29, 0.717) is 17.2 Å². The molecule has 1 aliphatic rings. The number of carbonyl (C=O) groups excluding carboxylic acids is 1. The van der Waals surface area contributed by atoms with E-state index in [1.165, 1.54) is 6.33 Å². The van der Waals surface area contributed by atoms with Crippen LogP contribution in [-0.2, 0) is 4.79 Å². The van der Waals surface area contributed by atoms with Gasteiger partial charge in [-0.1, -0.05) is 6.07 Å². The molecule has 0 aromatic carbocycles. The molecule has 3 N–H and O–H groups in total. The van der Waals surface area contributed by atoms with E-state index in [2.05, 4.69) is 30.7 Å². The smallest absolute Gasteiger partial charge is 0.256 e. The van der Waals surface area contributed by atoms with Gasteiger partial charge in [0.15, 0.2) is 12.2 Å². The first-order chi connectivity index (χ1) is 12.2. The molecule has 8 heteroatoms. The fraction of sp³-hybridized carbons (Fsp3) is 0.118. The van der Waals surface area contributed by atoms with E-state index < -0.39 is 6.04 Å². The molecule has 1 unspecified atom stereocenters. The number of carbonyl (C=O) groups is 1. The zero-order valence-corrected chi connectivity index (χ0v) is 13.5. The topological polar surface area (TPSA) is 98.9 Å². The lowest BCUT2D eigenvalue weighted by molar-refractivity contribution is -0.393. The molecule has 0 fully saturated rings. The van der Waals surface area contributed by atoms with E-state index >= 15 is 0 Å². The zero-order chi connectivity index (χ0) is 17.2. The maximum Gasteiger partial charge on any atom is 0.256 e. The SMILES string of the molecule is CC1=C(C(=O)Nc2cccnc2)C(c2cccc[nH+]2)n2ncnc2N1. The van der Waals surface area contributed by atoms with Gasteiger partial charge in [-0.2, -0.15) is 10.1 Å². The summed E-state index contributed by atoms with van der Waals surface area (Å²) in [6.45, 7) is 1.85. The fourth-order valence-electron chi connectivity index (χ4n) is 2.89. The molecular formula is C17H16N7O+. The van der Waals surface area contributed by atoms with Crippen molar-refractivity contribution < 1.29 is 9.78 Å². The number of nitrogens with zero attached hydrogens (tertiary/aromatic N) is 4. The number of allylic oxidation sites excluding steroid dienone is 1. The van der Waals surface area contributed by atoms with Gasteiger partial charge in [0.05, 0.1) is 17.5 Å². The van der Waals surface area contributed by atoms with Gasteiger partial charge in [-0.05, 0) is 19.1 Å². The summed E-state index contributed by atoms with van der Waals surface area (Å²) in [5.41, 5.74) is 2.76. The van der Waals surface area contributed by atoms with Crippen LogP contribution < -0.4 is 15.6 Å². The molecule has 1 amide bonds. The van der Waals surface area contributed by atoms with Crippen molar-refractivity contribution in [3.05, 3.63) is 72.2 Å². The van der Waals surface area contributed by atoms with Gasteiger partial charge < -0.3 is 10.6 Å². The third kappa shape index (κ3) is 2.74. The lowest BCUT2D eigenvalue weighted by Crippen LogP contribution is -2.34. The van der Waals surface area contributed by atoms with Gasteiger partial charge >= 0.3 is 0 Å². The van der Waals surface area contributed by atoms with Gasteiger partial charge in [-0.15, -0.1) is 0 Å². The molecular weight excluding hydrogens is 318 g/mol. The average Bonchev–Trinajstić information content (AvgIpc) is 3.10. The summed E-state index contributed by atoms with van der Waals surface area (Å²) in [5.74, 6) is 0.374. The average molecular weight is 334 g/mol. The number of nitrogens with one attached hydrogen (secondary N) is 3. The summed E-state index contributed by atoms with van der Waals surface area (Å²) in [6.07, 6.45) is 6.55. The molecule has 3 aromatic heterocycles. The monoisotopic (exact) mass is 334 g/mol. The second-order valence-corrected chi connectivity index (χ2v) is 5.61. The molecule has 124 valence electrons. The molecule has 0 aliphatic carbocycles. The predicted octanol–water partition coefficient (Wildman–Crippen LogP) is 1.41. The lowest BCUT2D eigenvalue weighted by atomic mass is 9.98. The van der Waals surface area contributed by atoms with Crippen LogP contribution in [0.15, 0.2) is 66.5 Å². The molecule has 4 heterocycles. The molecule has 0 saturated carbocycles. The molecule has 0 bridgehead atoms. The molecule has 0 saturated heterocycles. The van der Waals surface area contributed by atoms with Crippen LogP contribution in [0.1, 0.15) is 18.7 Å². The number of aromatic nitrogens is 5. The van der Waals surface area contributed by atoms with E-state index in [-0.39, 0.29) is 5.91 Å². The first kappa shape index (κ1) is 15.0. The Kier molecular flexibility index (Phi) is 3.70. The minimum absolute atomic E-state index is 0.221. The number of aromatic amines is 1. The third-order valence-electron chi connectivity index (χ3n) is 3.99. The van der Waals surface area contributed by atoms with Crippen molar-refractivity contribution in [1.82, 2.24) is 19.7 Å². The quantitative estimate of drug-likeness (QED) is 0.754. The van der Waals surface area contributed by atoms with E-state index in [0.717, 1.165) is 11.4 Å². The number of anilines is 2. The predicted molar refractivity (Wildman–Crippen MR) is 90.3 cm³/mol. The Bertz CT molecular complexity index is 934. The lowest BCUT2D eigenvalue weighted by Gasteiger charge is -2.26. The van der Waals surface area contributed by atoms with Crippen molar-refractivity contribution in [2.24, 2.45) is 0 Å². The molecule has 1 atom stereocenters. The minimum atomic E-state index is -0.406. The summed E-state index contributed by atoms with van der Waals surface area (Å²) < 4.78 is 1.69. The highest BCUT2D eigenvalue weighted by molar-refractivity contribution is 6.05. The first-order valence-corrected chi connectivity index (χ1v) is 7.79. The Balaban J connectivity index is 1.77. The molecule has 25 heavy (non-hydrogen) atoms. The van der Waals surface area contributed by atoms with Gasteiger partial charge in [0.1, 0.15) is 6.33 Å². The van der Waals surface area contributed by atoms with E-state index in [9.17, 15) is 4.79 Å². The Morgan fingerprint density at radius 3 is 3.00 bits per heavy atom. The molecule has 1 aliphatic heterocycles. The molecule has 0 radical (unpaired) electrons. The number of hydrogen-bond acceptors (Lipinski definition) is 5. The summed E-state index contributed by atoms with van der Waals surface area (Å²) in [5, 5.41) is 10.3. The van der Waals surface area contributed by atoms with Crippen molar-refractivity contribution in [1.29, 1.82) is 0 Å². The maximum atomic E-state index is 13.0. The highest BCUT2D eigenvalue weighted by atomic mass is 16.1. The number of hydrogen-bond donors (Lipinski definition) is 2. The summed E-state index contributed by atoms with van der Waals surface area (Å²) in [6, 6.07) is 8.88. The second kappa shape index (κ2) is 6.16. The molecule has 4 rings (SSSR count). The summed E-state index contributed by atoms with van der Waals surface area (Å²) in [7, 11) is 0. The minimum Gasteiger partial charge on any atom is -0.328 e. The van der Waals surface area contributed by atoms with Crippen molar-refractivity contribution in [3.63, 3.8) is 0 Å². The van der Waals surface area contributed by atoms with E-state index in [1.54, 1.807) is 29.2 Å². The van der Waals surface area contributed by atoms with Crippen molar-refractivity contribution in [2.45, 2.75) is 13.0 Å². The van der Waals surface area contributed by atoms with Crippen molar-refractivity contribution in [3.8, 4) is 0 Å². The Labute approximate surface area is 143 Å². The van der Waals surface area contributed by atoms with Gasteiger partial charge in [0.25, 0.3) is 5.91 Å². The highest BCUT2D eigenvalue weighted by Crippen LogP contribution is 2.33. The number of pyridine rings is 2. The Hall–Kier alpha value is -3.55. The second-order valence-electron chi connectivity index (χ2n) is 5.61. The molecule has 3 aromatic rings. The standard InChI is InChI=1S/C17H15N7O/c1-11-14(16(25)23-12-5-4-7-18-9-12)15(13-6-2-3-8-19-13)24-17(22-11)20-10-21-24/h2-10,15H,1H3,(H,23,25)(H,20,21,22)/p+1. The van der Waals surface area contributed by atoms with Crippen LogP contribution in [0.4, 0.5) is 11.6 Å². The normalized spacial score (nSPS) is 16.1. The Morgan fingerprint density at radius 1 is 1.32 bits per heavy atom. The number of amides is 1. The number of H-pyrrole nitrogens is 1. The van der Waals surface area contributed by atoms with Crippen LogP contribution in [0.2, 0.25) is 0 Å². The van der Waals surface area contributed by atoms with Crippen molar-refractivity contribution >= 4 is 17.5 Å². The van der Waals surface area contributed by atoms with Crippen molar-refractivity contribution in [2.75, 3.05) is 10.6 Å². The van der Waals surface area contributed by atoms with Crippen LogP contribution >= 0.6 is 0 Å². The van der Waals surface area contributed by atoms with Crippen LogP contribution in [0, 0.1) is 0 Å². The number of fused-ring (bicyclic) bond motifs is 1. The summed E-state index contributed by atoms with van der Waals surface area (Å²) >= 11 is 0. The van der Waals surface area contributed by atoms with E-state index in [4.69, 9.17) is 0 Å². The molecule has 0 spiro atoms. The fourth-order valence-corrected chi connectivity index (χ4v) is 2.89. The zero-order valence-electron chi connectivity index (χ0n) is 13.5. The van der Waals surface area contributed by atoms with Gasteiger partial charge in [0.2, 0.25) is 11.6 Å². The highest BCUT2D eigenvalue weighted by Gasteiger charge is 2.36. The Morgan fingerprint density at radius 2 is 2.24 bits per heavy atom. The first-order valence-electron chi connectivity index (χ1n) is 7.79. The number of rotatable bonds is 3. The van der Waals surface area contributed by atoms with E-state index in [1.807, 2.05) is 31.3 Å². The molecule has 8 nitrogen and oxygen atoms in total. The van der Waals surface area contributed by atoms with Crippen LogP contribution in [0.3, 0.4) is 0 Å². The van der Waals surface area contributed by atoms with Crippen LogP contribution in [0.5, 0.6) is 0 Å². The van der Waals surface area contributed by atoms with Gasteiger partial charge in [0, 0.05) is 24.0 Å². The maximum absolute atomic E-state index is 13.0. The van der Waals surface area contributed by atoms with Crippen LogP contribution in [0.25, 0.3) is 0 Å². The van der Waals surface area contributed by atoms with Gasteiger partial charge in [-0.25, -0.2) is 9.67 Å².